The molecule has 1 aromatic heterocycles. The van der Waals surface area contributed by atoms with Crippen LogP contribution in [0.2, 0.25) is 5.02 Å². The molecule has 2 heterocycles. The molecular formula is C22H26ClIN6O. The van der Waals surface area contributed by atoms with E-state index in [0.29, 0.717) is 30.7 Å². The zero-order chi connectivity index (χ0) is 20.9. The van der Waals surface area contributed by atoms with Crippen molar-refractivity contribution in [2.45, 2.75) is 32.5 Å². The summed E-state index contributed by atoms with van der Waals surface area (Å²) in [6.45, 7) is 3.57. The van der Waals surface area contributed by atoms with Gasteiger partial charge in [0.15, 0.2) is 11.8 Å². The van der Waals surface area contributed by atoms with E-state index in [1.165, 1.54) is 0 Å². The highest BCUT2D eigenvalue weighted by Crippen LogP contribution is 2.31. The van der Waals surface area contributed by atoms with Gasteiger partial charge >= 0.3 is 0 Å². The van der Waals surface area contributed by atoms with E-state index in [4.69, 9.17) is 21.3 Å². The highest BCUT2D eigenvalue weighted by atomic mass is 127. The van der Waals surface area contributed by atoms with Crippen LogP contribution in [0.3, 0.4) is 0 Å². The molecule has 1 unspecified atom stereocenters. The molecule has 31 heavy (non-hydrogen) atoms. The van der Waals surface area contributed by atoms with Gasteiger partial charge in [-0.25, -0.2) is 4.99 Å². The lowest BCUT2D eigenvalue weighted by molar-refractivity contribution is 0.261. The van der Waals surface area contributed by atoms with Crippen molar-refractivity contribution < 1.29 is 4.74 Å². The van der Waals surface area contributed by atoms with E-state index in [0.717, 1.165) is 34.9 Å². The largest absolute Gasteiger partial charge is 0.493 e. The Morgan fingerprint density at radius 2 is 1.97 bits per heavy atom. The Labute approximate surface area is 204 Å². The number of benzene rings is 2. The lowest BCUT2D eigenvalue weighted by Crippen LogP contribution is -2.41. The number of fused-ring (bicyclic) bond motifs is 1. The summed E-state index contributed by atoms with van der Waals surface area (Å²) in [7, 11) is 1.95. The van der Waals surface area contributed by atoms with Gasteiger partial charge in [0.2, 0.25) is 0 Å². The number of para-hydroxylation sites is 1. The molecule has 2 aromatic carbocycles. The standard InChI is InChI=1S/C22H25ClN6O.HI/c1-15-27-28-21(29(15)2)14-25-22(24-13-16-7-3-5-9-18(16)23)26-19-11-12-30-20-10-6-4-8-17(19)20;/h3-10,19H,11-14H2,1-2H3,(H2,24,25,26);1H. The highest BCUT2D eigenvalue weighted by Gasteiger charge is 2.22. The van der Waals surface area contributed by atoms with Gasteiger partial charge < -0.3 is 19.9 Å². The van der Waals surface area contributed by atoms with Crippen LogP contribution in [-0.2, 0) is 20.1 Å². The third kappa shape index (κ3) is 5.68. The third-order valence-electron chi connectivity index (χ3n) is 5.23. The molecule has 0 saturated carbocycles. The number of nitrogens with one attached hydrogen (secondary N) is 2. The number of aromatic nitrogens is 3. The normalized spacial score (nSPS) is 15.5. The average Bonchev–Trinajstić information content (AvgIpc) is 3.09. The van der Waals surface area contributed by atoms with Crippen molar-refractivity contribution in [3.05, 3.63) is 76.3 Å². The summed E-state index contributed by atoms with van der Waals surface area (Å²) in [5.41, 5.74) is 2.10. The van der Waals surface area contributed by atoms with Crippen LogP contribution in [0.1, 0.15) is 35.2 Å². The summed E-state index contributed by atoms with van der Waals surface area (Å²) in [6, 6.07) is 16.0. The fourth-order valence-corrected chi connectivity index (χ4v) is 3.56. The zero-order valence-corrected chi connectivity index (χ0v) is 20.6. The van der Waals surface area contributed by atoms with E-state index in [-0.39, 0.29) is 30.0 Å². The maximum absolute atomic E-state index is 6.31. The summed E-state index contributed by atoms with van der Waals surface area (Å²) in [5.74, 6) is 3.31. The number of hydrogen-bond acceptors (Lipinski definition) is 4. The van der Waals surface area contributed by atoms with E-state index in [9.17, 15) is 0 Å². The van der Waals surface area contributed by atoms with Crippen molar-refractivity contribution in [2.75, 3.05) is 6.61 Å². The quantitative estimate of drug-likeness (QED) is 0.283. The molecule has 0 fully saturated rings. The lowest BCUT2D eigenvalue weighted by Gasteiger charge is -2.28. The van der Waals surface area contributed by atoms with Crippen LogP contribution in [0.15, 0.2) is 53.5 Å². The second kappa shape index (κ2) is 10.8. The molecule has 0 amide bonds. The molecule has 0 aliphatic carbocycles. The minimum atomic E-state index is 0. The third-order valence-corrected chi connectivity index (χ3v) is 5.60. The number of aliphatic imine (C=N–C) groups is 1. The van der Waals surface area contributed by atoms with Crippen LogP contribution in [0, 0.1) is 6.92 Å². The van der Waals surface area contributed by atoms with Crippen molar-refractivity contribution in [2.24, 2.45) is 12.0 Å². The van der Waals surface area contributed by atoms with Crippen molar-refractivity contribution in [3.8, 4) is 5.75 Å². The van der Waals surface area contributed by atoms with E-state index in [1.54, 1.807) is 0 Å². The molecule has 1 atom stereocenters. The fraction of sp³-hybridized carbons (Fsp3) is 0.318. The maximum Gasteiger partial charge on any atom is 0.192 e. The van der Waals surface area contributed by atoms with Crippen molar-refractivity contribution in [3.63, 3.8) is 0 Å². The van der Waals surface area contributed by atoms with Crippen LogP contribution >= 0.6 is 35.6 Å². The molecule has 0 bridgehead atoms. The number of hydrogen-bond donors (Lipinski definition) is 2. The van der Waals surface area contributed by atoms with Gasteiger partial charge in [-0.1, -0.05) is 48.0 Å². The van der Waals surface area contributed by atoms with Crippen LogP contribution in [0.4, 0.5) is 0 Å². The predicted molar refractivity (Wildman–Crippen MR) is 133 cm³/mol. The Hall–Kier alpha value is -2.33. The minimum Gasteiger partial charge on any atom is -0.493 e. The molecule has 2 N–H and O–H groups in total. The summed E-state index contributed by atoms with van der Waals surface area (Å²) in [5, 5.41) is 16.0. The molecule has 1 aliphatic heterocycles. The molecule has 4 rings (SSSR count). The summed E-state index contributed by atoms with van der Waals surface area (Å²) >= 11 is 6.31. The lowest BCUT2D eigenvalue weighted by atomic mass is 10.0. The first kappa shape index (κ1) is 23.3. The van der Waals surface area contributed by atoms with Crippen LogP contribution in [-0.4, -0.2) is 27.3 Å². The number of nitrogens with zero attached hydrogens (tertiary/aromatic N) is 4. The topological polar surface area (TPSA) is 76.4 Å². The molecule has 3 aromatic rings. The van der Waals surface area contributed by atoms with E-state index in [1.807, 2.05) is 61.0 Å². The summed E-state index contributed by atoms with van der Waals surface area (Å²) in [6.07, 6.45) is 0.854. The Kier molecular flexibility index (Phi) is 8.14. The second-order valence-corrected chi connectivity index (χ2v) is 7.61. The van der Waals surface area contributed by atoms with E-state index >= 15 is 0 Å². The summed E-state index contributed by atoms with van der Waals surface area (Å²) < 4.78 is 7.75. The molecule has 0 radical (unpaired) electrons. The Balaban J connectivity index is 0.00000272. The Morgan fingerprint density at radius 1 is 1.19 bits per heavy atom. The number of aryl methyl sites for hydroxylation is 1. The first-order valence-corrected chi connectivity index (χ1v) is 10.3. The van der Waals surface area contributed by atoms with E-state index in [2.05, 4.69) is 26.9 Å². The van der Waals surface area contributed by atoms with Crippen molar-refractivity contribution >= 4 is 41.5 Å². The first-order chi connectivity index (χ1) is 14.6. The molecule has 0 spiro atoms. The Bertz CT molecular complexity index is 1050. The number of ether oxygens (including phenoxy) is 1. The van der Waals surface area contributed by atoms with Gasteiger partial charge in [0.1, 0.15) is 11.6 Å². The van der Waals surface area contributed by atoms with Gasteiger partial charge in [-0.3, -0.25) is 0 Å². The minimum absolute atomic E-state index is 0. The Morgan fingerprint density at radius 3 is 2.74 bits per heavy atom. The van der Waals surface area contributed by atoms with Gasteiger partial charge in [0.05, 0.1) is 25.7 Å². The number of halogens is 2. The van der Waals surface area contributed by atoms with Gasteiger partial charge in [-0.2, -0.15) is 0 Å². The fourth-order valence-electron chi connectivity index (χ4n) is 3.37. The second-order valence-electron chi connectivity index (χ2n) is 7.20. The molecule has 164 valence electrons. The number of rotatable bonds is 5. The SMILES string of the molecule is Cc1nnc(CNC(=NCc2ccccc2Cl)NC2CCOc3ccccc32)n1C.I. The molecule has 7 nitrogen and oxygen atoms in total. The van der Waals surface area contributed by atoms with E-state index < -0.39 is 0 Å². The van der Waals surface area contributed by atoms with Gasteiger partial charge in [-0.05, 0) is 24.6 Å². The maximum atomic E-state index is 6.31. The molecule has 1 aliphatic rings. The average molecular weight is 553 g/mol. The van der Waals surface area contributed by atoms with Crippen LogP contribution in [0.5, 0.6) is 5.75 Å². The monoisotopic (exact) mass is 552 g/mol. The highest BCUT2D eigenvalue weighted by molar-refractivity contribution is 14.0. The summed E-state index contributed by atoms with van der Waals surface area (Å²) in [4.78, 5) is 4.79. The van der Waals surface area contributed by atoms with Crippen molar-refractivity contribution in [1.82, 2.24) is 25.4 Å². The molecular weight excluding hydrogens is 527 g/mol. The molecule has 0 saturated heterocycles. The van der Waals surface area contributed by atoms with Crippen molar-refractivity contribution in [1.29, 1.82) is 0 Å². The van der Waals surface area contributed by atoms with Gasteiger partial charge in [0, 0.05) is 24.1 Å². The zero-order valence-electron chi connectivity index (χ0n) is 17.5. The van der Waals surface area contributed by atoms with Gasteiger partial charge in [0.25, 0.3) is 0 Å². The smallest absolute Gasteiger partial charge is 0.192 e. The first-order valence-electron chi connectivity index (χ1n) is 9.96. The number of guanidine groups is 1. The predicted octanol–water partition coefficient (Wildman–Crippen LogP) is 4.15. The molecule has 9 heteroatoms. The van der Waals surface area contributed by atoms with Gasteiger partial charge in [-0.15, -0.1) is 34.2 Å². The van der Waals surface area contributed by atoms with Crippen LogP contribution in [0.25, 0.3) is 0 Å². The van der Waals surface area contributed by atoms with Crippen LogP contribution < -0.4 is 15.4 Å².